The summed E-state index contributed by atoms with van der Waals surface area (Å²) in [4.78, 5) is 12.2. The maximum atomic E-state index is 12.2. The summed E-state index contributed by atoms with van der Waals surface area (Å²) in [5.41, 5.74) is 2.65. The van der Waals surface area contributed by atoms with Gasteiger partial charge in [-0.3, -0.25) is 4.79 Å². The van der Waals surface area contributed by atoms with E-state index in [1.165, 1.54) is 11.8 Å². The fourth-order valence-electron chi connectivity index (χ4n) is 2.53. The first-order valence-corrected chi connectivity index (χ1v) is 9.39. The number of carbonyl (C=O) groups excluding carboxylic acids is 1. The molecule has 0 unspecified atom stereocenters. The van der Waals surface area contributed by atoms with Crippen LogP contribution in [0.3, 0.4) is 0 Å². The summed E-state index contributed by atoms with van der Waals surface area (Å²) >= 11 is 1.19. The van der Waals surface area contributed by atoms with Crippen LogP contribution in [0.2, 0.25) is 0 Å². The van der Waals surface area contributed by atoms with Crippen LogP contribution in [0.25, 0.3) is 11.5 Å². The van der Waals surface area contributed by atoms with Crippen molar-refractivity contribution in [2.24, 2.45) is 0 Å². The van der Waals surface area contributed by atoms with E-state index in [9.17, 15) is 4.79 Å². The molecule has 1 N–H and O–H groups in total. The average molecular weight is 383 g/mol. The molecule has 4 rings (SSSR count). The molecule has 0 aliphatic carbocycles. The first-order valence-electron chi connectivity index (χ1n) is 8.40. The van der Waals surface area contributed by atoms with E-state index in [2.05, 4.69) is 15.5 Å². The van der Waals surface area contributed by atoms with Crippen molar-refractivity contribution in [2.45, 2.75) is 12.1 Å². The standard InChI is InChI=1S/C19H17N3O4S/c1-12-2-4-13(5-3-12)18-21-22-19(26-18)27-11-17(23)20-14-6-7-15-16(10-14)25-9-8-24-15/h2-7,10H,8-9,11H2,1H3,(H,20,23). The Morgan fingerprint density at radius 1 is 1.07 bits per heavy atom. The van der Waals surface area contributed by atoms with E-state index in [1.54, 1.807) is 18.2 Å². The highest BCUT2D eigenvalue weighted by Gasteiger charge is 2.14. The number of amides is 1. The van der Waals surface area contributed by atoms with Crippen molar-refractivity contribution in [1.29, 1.82) is 0 Å². The Bertz CT molecular complexity index is 956. The Labute approximate surface area is 160 Å². The zero-order chi connectivity index (χ0) is 18.6. The summed E-state index contributed by atoms with van der Waals surface area (Å²) in [6.07, 6.45) is 0. The summed E-state index contributed by atoms with van der Waals surface area (Å²) in [6, 6.07) is 13.1. The summed E-state index contributed by atoms with van der Waals surface area (Å²) in [5, 5.41) is 11.2. The molecule has 8 heteroatoms. The molecule has 1 amide bonds. The number of thioether (sulfide) groups is 1. The molecule has 138 valence electrons. The molecule has 27 heavy (non-hydrogen) atoms. The zero-order valence-electron chi connectivity index (χ0n) is 14.6. The van der Waals surface area contributed by atoms with E-state index in [-0.39, 0.29) is 11.7 Å². The van der Waals surface area contributed by atoms with Crippen LogP contribution < -0.4 is 14.8 Å². The van der Waals surface area contributed by atoms with Gasteiger partial charge >= 0.3 is 0 Å². The lowest BCUT2D eigenvalue weighted by atomic mass is 10.1. The van der Waals surface area contributed by atoms with Crippen LogP contribution in [0.15, 0.2) is 52.1 Å². The van der Waals surface area contributed by atoms with Crippen LogP contribution in [-0.4, -0.2) is 35.1 Å². The minimum atomic E-state index is -0.174. The summed E-state index contributed by atoms with van der Waals surface area (Å²) in [5.74, 6) is 1.73. The van der Waals surface area contributed by atoms with E-state index < -0.39 is 0 Å². The molecular weight excluding hydrogens is 366 g/mol. The molecule has 7 nitrogen and oxygen atoms in total. The van der Waals surface area contributed by atoms with Crippen LogP contribution in [0.5, 0.6) is 11.5 Å². The van der Waals surface area contributed by atoms with Crippen molar-refractivity contribution >= 4 is 23.4 Å². The minimum Gasteiger partial charge on any atom is -0.486 e. The van der Waals surface area contributed by atoms with Crippen molar-refractivity contribution in [2.75, 3.05) is 24.3 Å². The van der Waals surface area contributed by atoms with Crippen LogP contribution in [0.1, 0.15) is 5.56 Å². The van der Waals surface area contributed by atoms with Gasteiger partial charge in [-0.2, -0.15) is 0 Å². The highest BCUT2D eigenvalue weighted by Crippen LogP contribution is 2.32. The number of aromatic nitrogens is 2. The van der Waals surface area contributed by atoms with Gasteiger partial charge in [-0.1, -0.05) is 29.5 Å². The first kappa shape index (κ1) is 17.4. The second-order valence-corrected chi connectivity index (χ2v) is 6.86. The molecule has 0 atom stereocenters. The van der Waals surface area contributed by atoms with E-state index >= 15 is 0 Å². The molecule has 1 aliphatic heterocycles. The van der Waals surface area contributed by atoms with Crippen LogP contribution in [0.4, 0.5) is 5.69 Å². The largest absolute Gasteiger partial charge is 0.486 e. The molecule has 0 saturated heterocycles. The number of fused-ring (bicyclic) bond motifs is 1. The number of aryl methyl sites for hydroxylation is 1. The zero-order valence-corrected chi connectivity index (χ0v) is 15.4. The van der Waals surface area contributed by atoms with Crippen molar-refractivity contribution in [3.05, 3.63) is 48.0 Å². The van der Waals surface area contributed by atoms with E-state index in [0.29, 0.717) is 41.5 Å². The fourth-order valence-corrected chi connectivity index (χ4v) is 3.09. The molecule has 1 aromatic heterocycles. The summed E-state index contributed by atoms with van der Waals surface area (Å²) < 4.78 is 16.6. The molecule has 0 fully saturated rings. The van der Waals surface area contributed by atoms with Crippen LogP contribution in [-0.2, 0) is 4.79 Å². The number of nitrogens with one attached hydrogen (secondary N) is 1. The number of nitrogens with zero attached hydrogens (tertiary/aromatic N) is 2. The molecule has 0 spiro atoms. The summed E-state index contributed by atoms with van der Waals surface area (Å²) in [7, 11) is 0. The molecule has 0 saturated carbocycles. The van der Waals surface area contributed by atoms with Crippen molar-refractivity contribution in [3.63, 3.8) is 0 Å². The van der Waals surface area contributed by atoms with Gasteiger partial charge in [-0.15, -0.1) is 10.2 Å². The van der Waals surface area contributed by atoms with Gasteiger partial charge in [0.1, 0.15) is 13.2 Å². The molecule has 2 aromatic carbocycles. The third kappa shape index (κ3) is 4.22. The lowest BCUT2D eigenvalue weighted by Gasteiger charge is -2.18. The van der Waals surface area contributed by atoms with Gasteiger partial charge in [0.05, 0.1) is 5.75 Å². The molecule has 0 radical (unpaired) electrons. The maximum Gasteiger partial charge on any atom is 0.277 e. The summed E-state index contributed by atoms with van der Waals surface area (Å²) in [6.45, 7) is 3.05. The monoisotopic (exact) mass is 383 g/mol. The van der Waals surface area contributed by atoms with Crippen molar-refractivity contribution in [3.8, 4) is 23.0 Å². The minimum absolute atomic E-state index is 0.157. The number of ether oxygens (including phenoxy) is 2. The van der Waals surface area contributed by atoms with Crippen molar-refractivity contribution < 1.29 is 18.7 Å². The normalized spacial score (nSPS) is 12.6. The maximum absolute atomic E-state index is 12.2. The molecule has 2 heterocycles. The van der Waals surface area contributed by atoms with Gasteiger partial charge in [-0.05, 0) is 31.2 Å². The number of anilines is 1. The van der Waals surface area contributed by atoms with Gasteiger partial charge in [0.2, 0.25) is 11.8 Å². The highest BCUT2D eigenvalue weighted by atomic mass is 32.2. The Morgan fingerprint density at radius 3 is 2.67 bits per heavy atom. The number of hydrogen-bond donors (Lipinski definition) is 1. The Morgan fingerprint density at radius 2 is 1.85 bits per heavy atom. The topological polar surface area (TPSA) is 86.5 Å². The molecule has 0 bridgehead atoms. The molecule has 3 aromatic rings. The predicted octanol–water partition coefficient (Wildman–Crippen LogP) is 3.55. The fraction of sp³-hybridized carbons (Fsp3) is 0.211. The number of benzene rings is 2. The highest BCUT2D eigenvalue weighted by molar-refractivity contribution is 7.99. The lowest BCUT2D eigenvalue weighted by Crippen LogP contribution is -2.17. The predicted molar refractivity (Wildman–Crippen MR) is 101 cm³/mol. The smallest absolute Gasteiger partial charge is 0.277 e. The van der Waals surface area contributed by atoms with Crippen LogP contribution >= 0.6 is 11.8 Å². The van der Waals surface area contributed by atoms with Gasteiger partial charge in [0, 0.05) is 17.3 Å². The van der Waals surface area contributed by atoms with Crippen molar-refractivity contribution in [1.82, 2.24) is 10.2 Å². The van der Waals surface area contributed by atoms with E-state index in [0.717, 1.165) is 11.1 Å². The number of carbonyl (C=O) groups is 1. The average Bonchev–Trinajstić information content (AvgIpc) is 3.16. The quantitative estimate of drug-likeness (QED) is 0.674. The second kappa shape index (κ2) is 7.71. The molecule has 1 aliphatic rings. The first-order chi connectivity index (χ1) is 13.2. The van der Waals surface area contributed by atoms with Gasteiger partial charge < -0.3 is 19.2 Å². The lowest BCUT2D eigenvalue weighted by molar-refractivity contribution is -0.113. The van der Waals surface area contributed by atoms with Gasteiger partial charge in [0.15, 0.2) is 11.5 Å². The number of rotatable bonds is 5. The number of hydrogen-bond acceptors (Lipinski definition) is 7. The van der Waals surface area contributed by atoms with E-state index in [1.807, 2.05) is 31.2 Å². The van der Waals surface area contributed by atoms with E-state index in [4.69, 9.17) is 13.9 Å². The van der Waals surface area contributed by atoms with Gasteiger partial charge in [-0.25, -0.2) is 0 Å². The Balaban J connectivity index is 1.34. The Hall–Kier alpha value is -3.00. The molecular formula is C19H17N3O4S. The third-order valence-electron chi connectivity index (χ3n) is 3.86. The second-order valence-electron chi connectivity index (χ2n) is 5.93. The van der Waals surface area contributed by atoms with Crippen LogP contribution in [0, 0.1) is 6.92 Å². The third-order valence-corrected chi connectivity index (χ3v) is 4.68. The Kier molecular flexibility index (Phi) is 4.97. The van der Waals surface area contributed by atoms with Gasteiger partial charge in [0.25, 0.3) is 5.22 Å². The SMILES string of the molecule is Cc1ccc(-c2nnc(SCC(=O)Nc3ccc4c(c3)OCCO4)o2)cc1.